The zero-order valence-corrected chi connectivity index (χ0v) is 13.0. The molecule has 0 spiro atoms. The van der Waals surface area contributed by atoms with Gasteiger partial charge in [-0.05, 0) is 36.5 Å². The number of aromatic hydroxyl groups is 1. The summed E-state index contributed by atoms with van der Waals surface area (Å²) in [7, 11) is 0. The van der Waals surface area contributed by atoms with Crippen molar-refractivity contribution in [3.05, 3.63) is 29.8 Å². The van der Waals surface area contributed by atoms with E-state index in [1.54, 1.807) is 24.3 Å². The van der Waals surface area contributed by atoms with Gasteiger partial charge in [-0.3, -0.25) is 4.79 Å². The molecule has 1 aromatic carbocycles. The minimum Gasteiger partial charge on any atom is -0.508 e. The summed E-state index contributed by atoms with van der Waals surface area (Å²) < 4.78 is 5.34. The van der Waals surface area contributed by atoms with Gasteiger partial charge < -0.3 is 15.6 Å². The summed E-state index contributed by atoms with van der Waals surface area (Å²) in [4.78, 5) is 11.9. The van der Waals surface area contributed by atoms with Gasteiger partial charge in [-0.2, -0.15) is 0 Å². The number of hydrogen-bond donors (Lipinski definition) is 2. The quantitative estimate of drug-likeness (QED) is 0.686. The van der Waals surface area contributed by atoms with E-state index < -0.39 is 6.04 Å². The van der Waals surface area contributed by atoms with Crippen LogP contribution in [0.1, 0.15) is 45.1 Å². The molecule has 4 nitrogen and oxygen atoms in total. The Morgan fingerprint density at radius 2 is 1.95 bits per heavy atom. The molecule has 1 rings (SSSR count). The van der Waals surface area contributed by atoms with Crippen molar-refractivity contribution in [3.63, 3.8) is 0 Å². The van der Waals surface area contributed by atoms with Crippen LogP contribution in [0.5, 0.6) is 5.75 Å². The van der Waals surface area contributed by atoms with Crippen molar-refractivity contribution < 1.29 is 14.6 Å². The molecular formula is C17H27NO3. The van der Waals surface area contributed by atoms with Crippen LogP contribution >= 0.6 is 0 Å². The minimum atomic E-state index is -0.654. The molecule has 21 heavy (non-hydrogen) atoms. The highest BCUT2D eigenvalue weighted by molar-refractivity contribution is 5.75. The van der Waals surface area contributed by atoms with Crippen LogP contribution in [0, 0.1) is 5.92 Å². The Morgan fingerprint density at radius 3 is 2.52 bits per heavy atom. The predicted octanol–water partition coefficient (Wildman–Crippen LogP) is 3.02. The summed E-state index contributed by atoms with van der Waals surface area (Å²) in [5, 5.41) is 9.22. The summed E-state index contributed by atoms with van der Waals surface area (Å²) in [6, 6.07) is 6.05. The fraction of sp³-hybridized carbons (Fsp3) is 0.588. The second kappa shape index (κ2) is 9.40. The fourth-order valence-electron chi connectivity index (χ4n) is 2.17. The van der Waals surface area contributed by atoms with Crippen LogP contribution in [-0.4, -0.2) is 23.7 Å². The largest absolute Gasteiger partial charge is 0.508 e. The molecule has 0 saturated heterocycles. The molecule has 0 aliphatic carbocycles. The first-order valence-electron chi connectivity index (χ1n) is 7.76. The van der Waals surface area contributed by atoms with E-state index in [0.29, 0.717) is 18.9 Å². The van der Waals surface area contributed by atoms with Gasteiger partial charge in [-0.15, -0.1) is 0 Å². The summed E-state index contributed by atoms with van der Waals surface area (Å²) >= 11 is 0. The third-order valence-electron chi connectivity index (χ3n) is 3.70. The maximum atomic E-state index is 11.9. The number of rotatable bonds is 9. The minimum absolute atomic E-state index is 0.205. The van der Waals surface area contributed by atoms with Crippen LogP contribution < -0.4 is 5.73 Å². The van der Waals surface area contributed by atoms with Crippen LogP contribution in [0.4, 0.5) is 0 Å². The number of carbonyl (C=O) groups excluding carboxylic acids is 1. The smallest absolute Gasteiger partial charge is 0.323 e. The van der Waals surface area contributed by atoms with Crippen molar-refractivity contribution in [2.75, 3.05) is 6.61 Å². The Labute approximate surface area is 127 Å². The van der Waals surface area contributed by atoms with Gasteiger partial charge in [0, 0.05) is 0 Å². The van der Waals surface area contributed by atoms with Crippen molar-refractivity contribution in [1.82, 2.24) is 0 Å². The lowest BCUT2D eigenvalue weighted by Gasteiger charge is -2.17. The SMILES string of the molecule is CCCCC(CC)COC(=O)[C@@H](N)Cc1ccc(O)cc1. The number of nitrogens with two attached hydrogens (primary N) is 1. The third-order valence-corrected chi connectivity index (χ3v) is 3.70. The van der Waals surface area contributed by atoms with Crippen molar-refractivity contribution in [1.29, 1.82) is 0 Å². The second-order valence-corrected chi connectivity index (χ2v) is 5.52. The number of esters is 1. The first-order valence-corrected chi connectivity index (χ1v) is 7.76. The molecule has 3 N–H and O–H groups in total. The Kier molecular flexibility index (Phi) is 7.83. The van der Waals surface area contributed by atoms with Gasteiger partial charge in [0.25, 0.3) is 0 Å². The molecule has 2 atom stereocenters. The van der Waals surface area contributed by atoms with Crippen molar-refractivity contribution in [3.8, 4) is 5.75 Å². The van der Waals surface area contributed by atoms with Crippen LogP contribution in [0.3, 0.4) is 0 Å². The Morgan fingerprint density at radius 1 is 1.29 bits per heavy atom. The summed E-state index contributed by atoms with van der Waals surface area (Å²) in [5.41, 5.74) is 6.79. The maximum absolute atomic E-state index is 11.9. The van der Waals surface area contributed by atoms with Gasteiger partial charge in [-0.25, -0.2) is 0 Å². The van der Waals surface area contributed by atoms with E-state index in [4.69, 9.17) is 10.5 Å². The van der Waals surface area contributed by atoms with Gasteiger partial charge in [0.2, 0.25) is 0 Å². The number of ether oxygens (including phenoxy) is 1. The molecule has 1 aromatic rings. The number of benzene rings is 1. The lowest BCUT2D eigenvalue weighted by molar-refractivity contribution is -0.146. The molecule has 0 heterocycles. The molecule has 0 saturated carbocycles. The normalized spacial score (nSPS) is 13.7. The van der Waals surface area contributed by atoms with E-state index in [1.165, 1.54) is 0 Å². The molecule has 0 aromatic heterocycles. The highest BCUT2D eigenvalue weighted by atomic mass is 16.5. The van der Waals surface area contributed by atoms with Crippen LogP contribution in [0.2, 0.25) is 0 Å². The van der Waals surface area contributed by atoms with Crippen molar-refractivity contribution >= 4 is 5.97 Å². The van der Waals surface area contributed by atoms with E-state index in [1.807, 2.05) is 0 Å². The van der Waals surface area contributed by atoms with Crippen molar-refractivity contribution in [2.24, 2.45) is 11.7 Å². The number of unbranched alkanes of at least 4 members (excludes halogenated alkanes) is 1. The molecular weight excluding hydrogens is 266 g/mol. The standard InChI is InChI=1S/C17H27NO3/c1-3-5-6-13(4-2)12-21-17(20)16(18)11-14-7-9-15(19)10-8-14/h7-10,13,16,19H,3-6,11-12,18H2,1-2H3/t13?,16-/m0/s1. The zero-order valence-electron chi connectivity index (χ0n) is 13.0. The number of hydrogen-bond acceptors (Lipinski definition) is 4. The first kappa shape index (κ1) is 17.5. The fourth-order valence-corrected chi connectivity index (χ4v) is 2.17. The summed E-state index contributed by atoms with van der Waals surface area (Å²) in [6.45, 7) is 4.73. The van der Waals surface area contributed by atoms with Gasteiger partial charge >= 0.3 is 5.97 Å². The molecule has 0 radical (unpaired) electrons. The Hall–Kier alpha value is -1.55. The van der Waals surface area contributed by atoms with Gasteiger partial charge in [-0.1, -0.05) is 45.2 Å². The zero-order chi connectivity index (χ0) is 15.7. The van der Waals surface area contributed by atoms with Crippen LogP contribution in [0.15, 0.2) is 24.3 Å². The van der Waals surface area contributed by atoms with Gasteiger partial charge in [0.15, 0.2) is 0 Å². The molecule has 0 aliphatic rings. The van der Waals surface area contributed by atoms with E-state index in [2.05, 4.69) is 13.8 Å². The first-order chi connectivity index (χ1) is 10.1. The molecule has 0 aliphatic heterocycles. The molecule has 0 fully saturated rings. The lowest BCUT2D eigenvalue weighted by Crippen LogP contribution is -2.35. The van der Waals surface area contributed by atoms with E-state index in [-0.39, 0.29) is 11.7 Å². The number of phenols is 1. The van der Waals surface area contributed by atoms with E-state index >= 15 is 0 Å². The summed E-state index contributed by atoms with van der Waals surface area (Å²) in [5.74, 6) is 0.282. The molecule has 4 heteroatoms. The highest BCUT2D eigenvalue weighted by Gasteiger charge is 2.17. The molecule has 0 amide bonds. The average molecular weight is 293 g/mol. The third kappa shape index (κ3) is 6.63. The van der Waals surface area contributed by atoms with Crippen LogP contribution in [0.25, 0.3) is 0 Å². The Bertz CT molecular complexity index is 417. The highest BCUT2D eigenvalue weighted by Crippen LogP contribution is 2.14. The number of carbonyl (C=O) groups is 1. The van der Waals surface area contributed by atoms with E-state index in [9.17, 15) is 9.90 Å². The van der Waals surface area contributed by atoms with E-state index in [0.717, 1.165) is 31.2 Å². The van der Waals surface area contributed by atoms with Crippen LogP contribution in [-0.2, 0) is 16.0 Å². The average Bonchev–Trinajstić information content (AvgIpc) is 2.49. The monoisotopic (exact) mass is 293 g/mol. The second-order valence-electron chi connectivity index (χ2n) is 5.52. The predicted molar refractivity (Wildman–Crippen MR) is 84.1 cm³/mol. The molecule has 118 valence electrons. The summed E-state index contributed by atoms with van der Waals surface area (Å²) in [6.07, 6.45) is 4.85. The maximum Gasteiger partial charge on any atom is 0.323 e. The topological polar surface area (TPSA) is 72.5 Å². The van der Waals surface area contributed by atoms with Gasteiger partial charge in [0.05, 0.1) is 6.61 Å². The molecule has 1 unspecified atom stereocenters. The Balaban J connectivity index is 2.38. The van der Waals surface area contributed by atoms with Gasteiger partial charge in [0.1, 0.15) is 11.8 Å². The molecule has 0 bridgehead atoms. The lowest BCUT2D eigenvalue weighted by atomic mass is 10.0. The van der Waals surface area contributed by atoms with Crippen molar-refractivity contribution in [2.45, 2.75) is 52.0 Å². The number of phenolic OH excluding ortho intramolecular Hbond substituents is 1.